The lowest BCUT2D eigenvalue weighted by Gasteiger charge is -2.12. The number of hydrogen-bond acceptors (Lipinski definition) is 7. The van der Waals surface area contributed by atoms with Crippen LogP contribution in [0.15, 0.2) is 29.5 Å². The number of ether oxygens (including phenoxy) is 1. The molecule has 4 rings (SSSR count). The predicted molar refractivity (Wildman–Crippen MR) is 98.2 cm³/mol. The first kappa shape index (κ1) is 17.1. The Morgan fingerprint density at radius 1 is 1.26 bits per heavy atom. The maximum atomic E-state index is 12.3. The number of aromatic nitrogens is 5. The van der Waals surface area contributed by atoms with Crippen LogP contribution in [0.2, 0.25) is 0 Å². The van der Waals surface area contributed by atoms with Crippen LogP contribution in [0, 0.1) is 11.8 Å². The van der Waals surface area contributed by atoms with Crippen LogP contribution >= 0.6 is 0 Å². The highest BCUT2D eigenvalue weighted by atomic mass is 16.5. The van der Waals surface area contributed by atoms with Crippen molar-refractivity contribution < 1.29 is 9.84 Å². The summed E-state index contributed by atoms with van der Waals surface area (Å²) in [6, 6.07) is 3.13. The molecule has 0 bridgehead atoms. The quantitative estimate of drug-likeness (QED) is 0.693. The van der Waals surface area contributed by atoms with Crippen molar-refractivity contribution in [1.82, 2.24) is 24.5 Å². The minimum atomic E-state index is -0.261. The van der Waals surface area contributed by atoms with Gasteiger partial charge in [0, 0.05) is 23.6 Å². The second-order valence-corrected chi connectivity index (χ2v) is 6.16. The van der Waals surface area contributed by atoms with E-state index in [9.17, 15) is 4.79 Å². The van der Waals surface area contributed by atoms with E-state index in [0.29, 0.717) is 34.2 Å². The van der Waals surface area contributed by atoms with Crippen LogP contribution in [0.25, 0.3) is 22.4 Å². The molecule has 0 atom stereocenters. The first-order valence-electron chi connectivity index (χ1n) is 8.55. The average Bonchev–Trinajstić information content (AvgIpc) is 3.54. The number of fused-ring (bicyclic) bond motifs is 1. The normalized spacial score (nSPS) is 13.3. The van der Waals surface area contributed by atoms with Gasteiger partial charge in [0.1, 0.15) is 24.1 Å². The van der Waals surface area contributed by atoms with Gasteiger partial charge in [0.2, 0.25) is 5.88 Å². The smallest absolute Gasteiger partial charge is 0.253 e. The summed E-state index contributed by atoms with van der Waals surface area (Å²) in [6.07, 6.45) is 5.26. The molecule has 27 heavy (non-hydrogen) atoms. The SMILES string of the molecule is COc1ncnc(C2CC2)c1-c1ncc2ccc(=O)n(CC#CCO)c2n1. The van der Waals surface area contributed by atoms with E-state index in [-0.39, 0.29) is 18.7 Å². The molecule has 3 heterocycles. The molecular weight excluding hydrogens is 346 g/mol. The zero-order chi connectivity index (χ0) is 18.8. The zero-order valence-corrected chi connectivity index (χ0v) is 14.7. The maximum absolute atomic E-state index is 12.3. The molecule has 136 valence electrons. The topological polar surface area (TPSA) is 103 Å². The molecule has 0 aliphatic heterocycles. The van der Waals surface area contributed by atoms with Crippen LogP contribution in [0.3, 0.4) is 0 Å². The molecule has 1 saturated carbocycles. The van der Waals surface area contributed by atoms with Gasteiger partial charge in [-0.15, -0.1) is 0 Å². The van der Waals surface area contributed by atoms with Crippen LogP contribution in [0.5, 0.6) is 5.88 Å². The molecule has 0 amide bonds. The standard InChI is InChI=1S/C19H17N5O3/c1-27-19-15(16(12-4-5-12)21-11-22-19)17-20-10-13-6-7-14(26)24(18(13)23-17)8-2-3-9-25/h6-7,10-12,25H,4-5,8-9H2,1H3. The molecule has 0 radical (unpaired) electrons. The average molecular weight is 363 g/mol. The summed E-state index contributed by atoms with van der Waals surface area (Å²) in [6.45, 7) is -0.131. The molecule has 0 aromatic carbocycles. The Kier molecular flexibility index (Phi) is 4.52. The highest BCUT2D eigenvalue weighted by molar-refractivity contribution is 5.77. The maximum Gasteiger partial charge on any atom is 0.253 e. The Morgan fingerprint density at radius 2 is 2.11 bits per heavy atom. The first-order chi connectivity index (χ1) is 13.2. The predicted octanol–water partition coefficient (Wildman–Crippen LogP) is 1.13. The molecular formula is C19H17N5O3. The monoisotopic (exact) mass is 363 g/mol. The van der Waals surface area contributed by atoms with Gasteiger partial charge in [-0.25, -0.2) is 19.9 Å². The molecule has 3 aromatic heterocycles. The summed E-state index contributed by atoms with van der Waals surface area (Å²) in [4.78, 5) is 30.0. The molecule has 1 fully saturated rings. The van der Waals surface area contributed by atoms with Crippen LogP contribution in [0.1, 0.15) is 24.5 Å². The van der Waals surface area contributed by atoms with Gasteiger partial charge in [-0.2, -0.15) is 0 Å². The molecule has 1 N–H and O–H groups in total. The first-order valence-corrected chi connectivity index (χ1v) is 8.55. The summed E-state index contributed by atoms with van der Waals surface area (Å²) < 4.78 is 6.87. The van der Waals surface area contributed by atoms with Gasteiger partial charge in [0.05, 0.1) is 19.3 Å². The Hall–Kier alpha value is -3.31. The second-order valence-electron chi connectivity index (χ2n) is 6.16. The fourth-order valence-corrected chi connectivity index (χ4v) is 2.95. The molecule has 3 aromatic rings. The molecule has 0 unspecified atom stereocenters. The van der Waals surface area contributed by atoms with Gasteiger partial charge in [0.15, 0.2) is 5.82 Å². The second kappa shape index (κ2) is 7.13. The summed E-state index contributed by atoms with van der Waals surface area (Å²) in [5, 5.41) is 9.57. The van der Waals surface area contributed by atoms with Crippen molar-refractivity contribution in [3.63, 3.8) is 0 Å². The Labute approximate surface area is 154 Å². The number of aliphatic hydroxyl groups is 1. The van der Waals surface area contributed by atoms with Gasteiger partial charge in [-0.3, -0.25) is 9.36 Å². The third kappa shape index (κ3) is 3.25. The minimum absolute atomic E-state index is 0.130. The van der Waals surface area contributed by atoms with E-state index < -0.39 is 0 Å². The zero-order valence-electron chi connectivity index (χ0n) is 14.7. The summed E-state index contributed by atoms with van der Waals surface area (Å²) in [7, 11) is 1.55. The number of methoxy groups -OCH3 is 1. The molecule has 1 aliphatic rings. The van der Waals surface area contributed by atoms with Crippen molar-refractivity contribution in [1.29, 1.82) is 0 Å². The van der Waals surface area contributed by atoms with E-state index in [0.717, 1.165) is 18.5 Å². The molecule has 0 saturated heterocycles. The number of hydrogen-bond donors (Lipinski definition) is 1. The van der Waals surface area contributed by atoms with Crippen molar-refractivity contribution >= 4 is 11.0 Å². The van der Waals surface area contributed by atoms with Gasteiger partial charge in [-0.1, -0.05) is 11.8 Å². The van der Waals surface area contributed by atoms with Crippen LogP contribution in [-0.4, -0.2) is 43.3 Å². The number of nitrogens with zero attached hydrogens (tertiary/aromatic N) is 5. The lowest BCUT2D eigenvalue weighted by Crippen LogP contribution is -2.20. The lowest BCUT2D eigenvalue weighted by molar-refractivity contribution is 0.350. The highest BCUT2D eigenvalue weighted by Crippen LogP contribution is 2.44. The largest absolute Gasteiger partial charge is 0.480 e. The minimum Gasteiger partial charge on any atom is -0.480 e. The summed E-state index contributed by atoms with van der Waals surface area (Å²) in [5.41, 5.74) is 1.77. The third-order valence-electron chi connectivity index (χ3n) is 4.39. The van der Waals surface area contributed by atoms with Crippen molar-refractivity contribution in [3.05, 3.63) is 40.7 Å². The van der Waals surface area contributed by atoms with E-state index in [1.165, 1.54) is 17.0 Å². The van der Waals surface area contributed by atoms with Crippen molar-refractivity contribution in [2.24, 2.45) is 0 Å². The van der Waals surface area contributed by atoms with Gasteiger partial charge in [-0.05, 0) is 18.9 Å². The fourth-order valence-electron chi connectivity index (χ4n) is 2.95. The number of rotatable bonds is 4. The van der Waals surface area contributed by atoms with Crippen LogP contribution in [0.4, 0.5) is 0 Å². The number of pyridine rings is 1. The van der Waals surface area contributed by atoms with Crippen LogP contribution < -0.4 is 10.3 Å². The van der Waals surface area contributed by atoms with E-state index in [1.54, 1.807) is 19.4 Å². The molecule has 8 heteroatoms. The highest BCUT2D eigenvalue weighted by Gasteiger charge is 2.31. The van der Waals surface area contributed by atoms with E-state index >= 15 is 0 Å². The van der Waals surface area contributed by atoms with Gasteiger partial charge in [0.25, 0.3) is 5.56 Å². The van der Waals surface area contributed by atoms with Gasteiger partial charge >= 0.3 is 0 Å². The summed E-state index contributed by atoms with van der Waals surface area (Å²) >= 11 is 0. The van der Waals surface area contributed by atoms with E-state index in [2.05, 4.69) is 31.8 Å². The Bertz CT molecular complexity index is 1130. The van der Waals surface area contributed by atoms with Crippen molar-refractivity contribution in [3.8, 4) is 29.1 Å². The molecule has 0 spiro atoms. The van der Waals surface area contributed by atoms with E-state index in [1.807, 2.05) is 0 Å². The molecule has 1 aliphatic carbocycles. The molecule has 8 nitrogen and oxygen atoms in total. The Morgan fingerprint density at radius 3 is 2.85 bits per heavy atom. The number of aliphatic hydroxyl groups excluding tert-OH is 1. The fraction of sp³-hybridized carbons (Fsp3) is 0.316. The van der Waals surface area contributed by atoms with E-state index in [4.69, 9.17) is 9.84 Å². The lowest BCUT2D eigenvalue weighted by atomic mass is 10.1. The van der Waals surface area contributed by atoms with Crippen LogP contribution in [-0.2, 0) is 6.54 Å². The van der Waals surface area contributed by atoms with Crippen molar-refractivity contribution in [2.75, 3.05) is 13.7 Å². The summed E-state index contributed by atoms with van der Waals surface area (Å²) in [5.74, 6) is 6.48. The van der Waals surface area contributed by atoms with Crippen molar-refractivity contribution in [2.45, 2.75) is 25.3 Å². The third-order valence-corrected chi connectivity index (χ3v) is 4.39. The van der Waals surface area contributed by atoms with Gasteiger partial charge < -0.3 is 9.84 Å². The Balaban J connectivity index is 1.92.